The number of nitrogens with zero attached hydrogens (tertiary/aromatic N) is 1. The van der Waals surface area contributed by atoms with E-state index in [1.807, 2.05) is 24.3 Å². The zero-order valence-corrected chi connectivity index (χ0v) is 16.2. The van der Waals surface area contributed by atoms with E-state index in [1.54, 1.807) is 18.2 Å². The number of methoxy groups -OCH3 is 2. The average Bonchev–Trinajstić information content (AvgIpc) is 3.21. The number of ether oxygens (including phenoxy) is 2. The number of urea groups is 1. The molecule has 0 aromatic heterocycles. The molecule has 1 spiro atoms. The molecule has 1 unspecified atom stereocenters. The number of imide groups is 1. The van der Waals surface area contributed by atoms with Crippen molar-refractivity contribution in [3.63, 3.8) is 0 Å². The third-order valence-corrected chi connectivity index (χ3v) is 5.41. The molecule has 1 atom stereocenters. The number of hydrogen-bond donors (Lipinski definition) is 2. The van der Waals surface area contributed by atoms with Gasteiger partial charge in [0.05, 0.1) is 19.9 Å². The van der Waals surface area contributed by atoms with Crippen LogP contribution in [0.1, 0.15) is 17.5 Å². The second kappa shape index (κ2) is 7.12. The van der Waals surface area contributed by atoms with Gasteiger partial charge in [-0.1, -0.05) is 24.3 Å². The summed E-state index contributed by atoms with van der Waals surface area (Å²) in [7, 11) is 3.00. The molecular weight excluding hydrogens is 374 g/mol. The van der Waals surface area contributed by atoms with Crippen LogP contribution in [0.15, 0.2) is 42.5 Å². The van der Waals surface area contributed by atoms with Crippen LogP contribution in [0.3, 0.4) is 0 Å². The number of nitrogens with one attached hydrogen (secondary N) is 2. The van der Waals surface area contributed by atoms with Crippen molar-refractivity contribution >= 4 is 23.5 Å². The molecule has 8 heteroatoms. The molecule has 2 aliphatic rings. The molecule has 1 aliphatic carbocycles. The Hall–Kier alpha value is -3.55. The molecule has 4 amide bonds. The molecule has 0 bridgehead atoms. The number of hydrogen-bond acceptors (Lipinski definition) is 5. The Bertz CT molecular complexity index is 1010. The van der Waals surface area contributed by atoms with Gasteiger partial charge in [0.1, 0.15) is 23.6 Å². The predicted molar refractivity (Wildman–Crippen MR) is 105 cm³/mol. The Labute approximate surface area is 167 Å². The number of fused-ring (bicyclic) bond motifs is 2. The molecule has 1 saturated heterocycles. The van der Waals surface area contributed by atoms with Crippen LogP contribution in [-0.4, -0.2) is 43.5 Å². The molecule has 0 radical (unpaired) electrons. The molecule has 1 heterocycles. The second-order valence-corrected chi connectivity index (χ2v) is 7.00. The lowest BCUT2D eigenvalue weighted by Crippen LogP contribution is -2.43. The SMILES string of the molecule is COc1ccc(NC(=O)CN2C(=O)NC3(CCc4ccccc43)C2=O)c(OC)c1. The average molecular weight is 395 g/mol. The zero-order valence-electron chi connectivity index (χ0n) is 16.2. The molecule has 150 valence electrons. The number of anilines is 1. The van der Waals surface area contributed by atoms with Crippen molar-refractivity contribution in [2.45, 2.75) is 18.4 Å². The lowest BCUT2D eigenvalue weighted by molar-refractivity contribution is -0.134. The van der Waals surface area contributed by atoms with Crippen LogP contribution < -0.4 is 20.1 Å². The van der Waals surface area contributed by atoms with Gasteiger partial charge in [-0.3, -0.25) is 14.5 Å². The van der Waals surface area contributed by atoms with Crippen molar-refractivity contribution in [3.8, 4) is 11.5 Å². The normalized spacial score (nSPS) is 19.9. The van der Waals surface area contributed by atoms with Gasteiger partial charge < -0.3 is 20.1 Å². The minimum Gasteiger partial charge on any atom is -0.497 e. The van der Waals surface area contributed by atoms with Crippen LogP contribution in [0.25, 0.3) is 0 Å². The molecule has 1 fully saturated rings. The number of carbonyl (C=O) groups excluding carboxylic acids is 3. The Kier molecular flexibility index (Phi) is 4.62. The Balaban J connectivity index is 1.51. The highest BCUT2D eigenvalue weighted by atomic mass is 16.5. The van der Waals surface area contributed by atoms with Crippen molar-refractivity contribution in [3.05, 3.63) is 53.6 Å². The van der Waals surface area contributed by atoms with Crippen LogP contribution in [-0.2, 0) is 21.5 Å². The topological polar surface area (TPSA) is 97.0 Å². The Morgan fingerprint density at radius 3 is 2.72 bits per heavy atom. The summed E-state index contributed by atoms with van der Waals surface area (Å²) in [6.07, 6.45) is 1.19. The number of rotatable bonds is 5. The predicted octanol–water partition coefficient (Wildman–Crippen LogP) is 2.04. The Morgan fingerprint density at radius 1 is 1.17 bits per heavy atom. The van der Waals surface area contributed by atoms with Gasteiger partial charge in [0.15, 0.2) is 0 Å². The van der Waals surface area contributed by atoms with Crippen molar-refractivity contribution < 1.29 is 23.9 Å². The van der Waals surface area contributed by atoms with Crippen molar-refractivity contribution in [1.82, 2.24) is 10.2 Å². The summed E-state index contributed by atoms with van der Waals surface area (Å²) in [5, 5.41) is 5.49. The van der Waals surface area contributed by atoms with E-state index in [-0.39, 0.29) is 6.54 Å². The summed E-state index contributed by atoms with van der Waals surface area (Å²) in [5.74, 6) is 0.0940. The van der Waals surface area contributed by atoms with E-state index < -0.39 is 23.4 Å². The lowest BCUT2D eigenvalue weighted by atomic mass is 9.92. The highest BCUT2D eigenvalue weighted by Crippen LogP contribution is 2.41. The van der Waals surface area contributed by atoms with Crippen LogP contribution in [0.2, 0.25) is 0 Å². The minimum atomic E-state index is -1.08. The molecular formula is C21H21N3O5. The van der Waals surface area contributed by atoms with Gasteiger partial charge in [0.2, 0.25) is 5.91 Å². The van der Waals surface area contributed by atoms with Gasteiger partial charge in [-0.25, -0.2) is 4.79 Å². The van der Waals surface area contributed by atoms with Gasteiger partial charge in [0, 0.05) is 6.07 Å². The standard InChI is InChI=1S/C21H21N3O5/c1-28-14-7-8-16(17(11-14)29-2)22-18(25)12-24-19(26)21(23-20(24)27)10-9-13-5-3-4-6-15(13)21/h3-8,11H,9-10,12H2,1-2H3,(H,22,25)(H,23,27). The first-order chi connectivity index (χ1) is 14.0. The van der Waals surface area contributed by atoms with Crippen LogP contribution in [0.4, 0.5) is 10.5 Å². The number of amides is 4. The maximum absolute atomic E-state index is 13.1. The summed E-state index contributed by atoms with van der Waals surface area (Å²) >= 11 is 0. The third-order valence-electron chi connectivity index (χ3n) is 5.41. The summed E-state index contributed by atoms with van der Waals surface area (Å²) in [5.41, 5.74) is 1.19. The molecule has 1 aliphatic heterocycles. The fourth-order valence-corrected chi connectivity index (χ4v) is 3.97. The lowest BCUT2D eigenvalue weighted by Gasteiger charge is -2.22. The van der Waals surface area contributed by atoms with Gasteiger partial charge in [0.25, 0.3) is 5.91 Å². The molecule has 29 heavy (non-hydrogen) atoms. The van der Waals surface area contributed by atoms with E-state index in [4.69, 9.17) is 9.47 Å². The first kappa shape index (κ1) is 18.8. The maximum Gasteiger partial charge on any atom is 0.325 e. The Morgan fingerprint density at radius 2 is 1.97 bits per heavy atom. The fourth-order valence-electron chi connectivity index (χ4n) is 3.97. The zero-order chi connectivity index (χ0) is 20.6. The van der Waals surface area contributed by atoms with Gasteiger partial charge in [-0.2, -0.15) is 0 Å². The molecule has 2 N–H and O–H groups in total. The first-order valence-corrected chi connectivity index (χ1v) is 9.23. The second-order valence-electron chi connectivity index (χ2n) is 7.00. The monoisotopic (exact) mass is 395 g/mol. The largest absolute Gasteiger partial charge is 0.497 e. The summed E-state index contributed by atoms with van der Waals surface area (Å²) in [6.45, 7) is -0.385. The van der Waals surface area contributed by atoms with Crippen molar-refractivity contribution in [2.75, 3.05) is 26.1 Å². The number of carbonyl (C=O) groups is 3. The van der Waals surface area contributed by atoms with Gasteiger partial charge in [-0.05, 0) is 36.1 Å². The van der Waals surface area contributed by atoms with Gasteiger partial charge >= 0.3 is 6.03 Å². The van der Waals surface area contributed by atoms with E-state index in [0.717, 1.165) is 16.0 Å². The van der Waals surface area contributed by atoms with E-state index >= 15 is 0 Å². The summed E-state index contributed by atoms with van der Waals surface area (Å²) < 4.78 is 10.4. The van der Waals surface area contributed by atoms with Gasteiger partial charge in [-0.15, -0.1) is 0 Å². The molecule has 2 aromatic rings. The molecule has 0 saturated carbocycles. The molecule has 8 nitrogen and oxygen atoms in total. The van der Waals surface area contributed by atoms with E-state index in [9.17, 15) is 14.4 Å². The highest BCUT2D eigenvalue weighted by molar-refractivity contribution is 6.11. The van der Waals surface area contributed by atoms with Crippen LogP contribution >= 0.6 is 0 Å². The highest BCUT2D eigenvalue weighted by Gasteiger charge is 2.55. The van der Waals surface area contributed by atoms with E-state index in [0.29, 0.717) is 30.0 Å². The smallest absolute Gasteiger partial charge is 0.325 e. The van der Waals surface area contributed by atoms with Crippen molar-refractivity contribution in [1.29, 1.82) is 0 Å². The molecule has 2 aromatic carbocycles. The number of benzene rings is 2. The minimum absolute atomic E-state index is 0.385. The maximum atomic E-state index is 13.1. The quantitative estimate of drug-likeness (QED) is 0.755. The molecule has 4 rings (SSSR count). The van der Waals surface area contributed by atoms with E-state index in [1.165, 1.54) is 14.2 Å². The summed E-state index contributed by atoms with van der Waals surface area (Å²) in [4.78, 5) is 39.2. The van der Waals surface area contributed by atoms with Crippen LogP contribution in [0.5, 0.6) is 11.5 Å². The fraction of sp³-hybridized carbons (Fsp3) is 0.286. The van der Waals surface area contributed by atoms with E-state index in [2.05, 4.69) is 10.6 Å². The first-order valence-electron chi connectivity index (χ1n) is 9.23. The summed E-state index contributed by atoms with van der Waals surface area (Å²) in [6, 6.07) is 11.9. The third kappa shape index (κ3) is 3.06. The van der Waals surface area contributed by atoms with Crippen LogP contribution in [0, 0.1) is 0 Å². The van der Waals surface area contributed by atoms with Crippen molar-refractivity contribution in [2.24, 2.45) is 0 Å². The number of aryl methyl sites for hydroxylation is 1.